The van der Waals surface area contributed by atoms with Crippen LogP contribution in [0.5, 0.6) is 0 Å². The Balaban J connectivity index is 1.66. The van der Waals surface area contributed by atoms with E-state index in [1.807, 2.05) is 6.92 Å². The van der Waals surface area contributed by atoms with Crippen LogP contribution in [0.4, 0.5) is 10.2 Å². The van der Waals surface area contributed by atoms with Crippen molar-refractivity contribution in [1.82, 2.24) is 9.29 Å². The second kappa shape index (κ2) is 6.93. The molecule has 1 spiro atoms. The van der Waals surface area contributed by atoms with Crippen molar-refractivity contribution in [3.63, 3.8) is 0 Å². The van der Waals surface area contributed by atoms with E-state index in [1.54, 1.807) is 10.4 Å². The molecule has 0 aliphatic carbocycles. The Labute approximate surface area is 142 Å². The number of aromatic nitrogens is 1. The molecule has 2 fully saturated rings. The smallest absolute Gasteiger partial charge is 0.214 e. The van der Waals surface area contributed by atoms with E-state index in [0.29, 0.717) is 32.5 Å². The molecule has 0 aromatic carbocycles. The van der Waals surface area contributed by atoms with Crippen molar-refractivity contribution in [1.29, 1.82) is 0 Å². The lowest BCUT2D eigenvalue weighted by atomic mass is 9.90. The van der Waals surface area contributed by atoms with Gasteiger partial charge in [-0.25, -0.2) is 17.8 Å². The first-order chi connectivity index (χ1) is 11.4. The summed E-state index contributed by atoms with van der Waals surface area (Å²) in [6, 6.07) is 2.84. The van der Waals surface area contributed by atoms with Gasteiger partial charge in [0.1, 0.15) is 0 Å². The lowest BCUT2D eigenvalue weighted by Gasteiger charge is -2.39. The molecule has 24 heavy (non-hydrogen) atoms. The summed E-state index contributed by atoms with van der Waals surface area (Å²) in [5.74, 6) is -0.00662. The largest absolute Gasteiger partial charge is 0.371 e. The Morgan fingerprint density at radius 2 is 2.38 bits per heavy atom. The number of rotatable bonds is 5. The standard InChI is InChI=1S/C16H24FN3O3S/c1-2-9-24(21,22)20-8-4-6-16(12-20)10-13(11-23-16)19-15-14(17)5-3-7-18-15/h3,5,7,13H,2,4,6,8-12H2,1H3,(H,18,19)/t13-,16+/m0/s1. The van der Waals surface area contributed by atoms with E-state index in [9.17, 15) is 12.8 Å². The van der Waals surface area contributed by atoms with Crippen molar-refractivity contribution in [2.75, 3.05) is 30.8 Å². The highest BCUT2D eigenvalue weighted by Gasteiger charge is 2.45. The van der Waals surface area contributed by atoms with Gasteiger partial charge in [0.2, 0.25) is 10.0 Å². The third kappa shape index (κ3) is 3.70. The maximum atomic E-state index is 13.7. The van der Waals surface area contributed by atoms with Gasteiger partial charge in [0.15, 0.2) is 11.6 Å². The van der Waals surface area contributed by atoms with E-state index in [0.717, 1.165) is 12.8 Å². The molecule has 1 aromatic heterocycles. The van der Waals surface area contributed by atoms with Crippen molar-refractivity contribution in [2.45, 2.75) is 44.2 Å². The summed E-state index contributed by atoms with van der Waals surface area (Å²) < 4.78 is 46.0. The summed E-state index contributed by atoms with van der Waals surface area (Å²) in [6.45, 7) is 3.24. The number of pyridine rings is 1. The molecule has 2 aliphatic heterocycles. The molecule has 8 heteroatoms. The quantitative estimate of drug-likeness (QED) is 0.873. The molecule has 0 radical (unpaired) electrons. The van der Waals surface area contributed by atoms with E-state index in [4.69, 9.17) is 4.74 Å². The summed E-state index contributed by atoms with van der Waals surface area (Å²) >= 11 is 0. The van der Waals surface area contributed by atoms with Gasteiger partial charge in [-0.05, 0) is 31.4 Å². The number of nitrogens with one attached hydrogen (secondary N) is 1. The SMILES string of the molecule is CCCS(=O)(=O)N1CCC[C@@]2(C[C@H](Nc3ncccc3F)CO2)C1. The number of sulfonamides is 1. The zero-order chi connectivity index (χ0) is 17.2. The topological polar surface area (TPSA) is 71.5 Å². The Bertz CT molecular complexity index is 685. The molecular formula is C16H24FN3O3S. The van der Waals surface area contributed by atoms with Crippen LogP contribution >= 0.6 is 0 Å². The zero-order valence-corrected chi connectivity index (χ0v) is 14.7. The second-order valence-corrected chi connectivity index (χ2v) is 8.71. The average molecular weight is 357 g/mol. The monoisotopic (exact) mass is 357 g/mol. The highest BCUT2D eigenvalue weighted by molar-refractivity contribution is 7.89. The number of halogens is 1. The van der Waals surface area contributed by atoms with Gasteiger partial charge < -0.3 is 10.1 Å². The lowest BCUT2D eigenvalue weighted by Crippen LogP contribution is -2.50. The van der Waals surface area contributed by atoms with Crippen LogP contribution in [-0.4, -0.2) is 54.8 Å². The van der Waals surface area contributed by atoms with Crippen LogP contribution in [0.1, 0.15) is 32.6 Å². The van der Waals surface area contributed by atoms with Gasteiger partial charge in [-0.1, -0.05) is 6.92 Å². The Morgan fingerprint density at radius 1 is 1.54 bits per heavy atom. The molecule has 2 atom stereocenters. The number of hydrogen-bond donors (Lipinski definition) is 1. The summed E-state index contributed by atoms with van der Waals surface area (Å²) in [5.41, 5.74) is -0.470. The minimum Gasteiger partial charge on any atom is -0.371 e. The first kappa shape index (κ1) is 17.6. The highest BCUT2D eigenvalue weighted by Crippen LogP contribution is 2.36. The van der Waals surface area contributed by atoms with Crippen LogP contribution in [0.3, 0.4) is 0 Å². The van der Waals surface area contributed by atoms with Gasteiger partial charge in [-0.2, -0.15) is 4.31 Å². The molecule has 134 valence electrons. The molecule has 0 amide bonds. The molecule has 3 rings (SSSR count). The second-order valence-electron chi connectivity index (χ2n) is 6.63. The van der Waals surface area contributed by atoms with Crippen LogP contribution in [0.15, 0.2) is 18.3 Å². The fourth-order valence-corrected chi connectivity index (χ4v) is 5.20. The molecule has 0 unspecified atom stereocenters. The van der Waals surface area contributed by atoms with Crippen LogP contribution in [0.25, 0.3) is 0 Å². The van der Waals surface area contributed by atoms with E-state index in [2.05, 4.69) is 10.3 Å². The highest BCUT2D eigenvalue weighted by atomic mass is 32.2. The third-order valence-corrected chi connectivity index (χ3v) is 6.69. The molecule has 1 N–H and O–H groups in total. The maximum Gasteiger partial charge on any atom is 0.214 e. The van der Waals surface area contributed by atoms with Crippen molar-refractivity contribution >= 4 is 15.8 Å². The van der Waals surface area contributed by atoms with Gasteiger partial charge in [0.25, 0.3) is 0 Å². The fourth-order valence-electron chi connectivity index (χ4n) is 3.59. The van der Waals surface area contributed by atoms with Gasteiger partial charge in [0.05, 0.1) is 24.0 Å². The van der Waals surface area contributed by atoms with Crippen LogP contribution in [-0.2, 0) is 14.8 Å². The minimum absolute atomic E-state index is 0.0665. The number of ether oxygens (including phenoxy) is 1. The molecule has 0 saturated carbocycles. The predicted molar refractivity (Wildman–Crippen MR) is 89.8 cm³/mol. The van der Waals surface area contributed by atoms with Crippen molar-refractivity contribution in [3.8, 4) is 0 Å². The van der Waals surface area contributed by atoms with E-state index < -0.39 is 21.4 Å². The summed E-state index contributed by atoms with van der Waals surface area (Å²) in [6.07, 6.45) is 4.41. The molecular weight excluding hydrogens is 333 g/mol. The number of hydrogen-bond acceptors (Lipinski definition) is 5. The predicted octanol–water partition coefficient (Wildman–Crippen LogP) is 2.00. The number of piperidine rings is 1. The summed E-state index contributed by atoms with van der Waals surface area (Å²) in [7, 11) is -3.22. The maximum absolute atomic E-state index is 13.7. The van der Waals surface area contributed by atoms with Gasteiger partial charge in [-0.15, -0.1) is 0 Å². The molecule has 2 saturated heterocycles. The zero-order valence-electron chi connectivity index (χ0n) is 13.9. The third-order valence-electron chi connectivity index (χ3n) is 4.67. The van der Waals surface area contributed by atoms with Gasteiger partial charge in [-0.3, -0.25) is 0 Å². The number of nitrogens with zero attached hydrogens (tertiary/aromatic N) is 2. The normalized spacial score (nSPS) is 28.3. The van der Waals surface area contributed by atoms with E-state index in [-0.39, 0.29) is 17.6 Å². The first-order valence-corrected chi connectivity index (χ1v) is 10.0. The molecule has 2 aliphatic rings. The molecule has 0 bridgehead atoms. The van der Waals surface area contributed by atoms with Crippen molar-refractivity contribution in [3.05, 3.63) is 24.1 Å². The van der Waals surface area contributed by atoms with E-state index in [1.165, 1.54) is 12.3 Å². The van der Waals surface area contributed by atoms with Crippen molar-refractivity contribution < 1.29 is 17.5 Å². The molecule has 1 aromatic rings. The minimum atomic E-state index is -3.22. The Hall–Kier alpha value is -1.25. The van der Waals surface area contributed by atoms with Crippen LogP contribution in [0.2, 0.25) is 0 Å². The first-order valence-electron chi connectivity index (χ1n) is 8.43. The van der Waals surface area contributed by atoms with Gasteiger partial charge >= 0.3 is 0 Å². The van der Waals surface area contributed by atoms with Crippen LogP contribution in [0, 0.1) is 5.82 Å². The summed E-state index contributed by atoms with van der Waals surface area (Å²) in [5, 5.41) is 3.08. The van der Waals surface area contributed by atoms with Gasteiger partial charge in [0, 0.05) is 25.7 Å². The Morgan fingerprint density at radius 3 is 3.12 bits per heavy atom. The number of anilines is 1. The van der Waals surface area contributed by atoms with Crippen LogP contribution < -0.4 is 5.32 Å². The molecule has 6 nitrogen and oxygen atoms in total. The lowest BCUT2D eigenvalue weighted by molar-refractivity contribution is -0.0329. The van der Waals surface area contributed by atoms with E-state index >= 15 is 0 Å². The average Bonchev–Trinajstić information content (AvgIpc) is 2.92. The fraction of sp³-hybridized carbons (Fsp3) is 0.688. The van der Waals surface area contributed by atoms with Crippen molar-refractivity contribution in [2.24, 2.45) is 0 Å². The molecule has 3 heterocycles. The Kier molecular flexibility index (Phi) is 5.08. The summed E-state index contributed by atoms with van der Waals surface area (Å²) in [4.78, 5) is 4.01.